The molecular formula is C18H26O3. The first-order valence-electron chi connectivity index (χ1n) is 8.05. The molecule has 0 bridgehead atoms. The lowest BCUT2D eigenvalue weighted by Gasteiger charge is -2.31. The molecule has 116 valence electrons. The quantitative estimate of drug-likeness (QED) is 0.804. The molecule has 0 saturated heterocycles. The second-order valence-corrected chi connectivity index (χ2v) is 6.35. The van der Waals surface area contributed by atoms with Gasteiger partial charge >= 0.3 is 5.97 Å². The van der Waals surface area contributed by atoms with Gasteiger partial charge in [0.2, 0.25) is 0 Å². The third kappa shape index (κ3) is 3.65. The van der Waals surface area contributed by atoms with Crippen LogP contribution < -0.4 is 0 Å². The van der Waals surface area contributed by atoms with Crippen LogP contribution in [0, 0.1) is 5.92 Å². The van der Waals surface area contributed by atoms with Crippen LogP contribution in [0.5, 0.6) is 0 Å². The summed E-state index contributed by atoms with van der Waals surface area (Å²) >= 11 is 0. The molecule has 0 aliphatic heterocycles. The number of aliphatic hydroxyl groups excluding tert-OH is 1. The molecule has 0 aromatic heterocycles. The van der Waals surface area contributed by atoms with E-state index in [0.29, 0.717) is 18.8 Å². The molecule has 1 fully saturated rings. The summed E-state index contributed by atoms with van der Waals surface area (Å²) in [5, 5.41) is 20.2. The van der Waals surface area contributed by atoms with Gasteiger partial charge in [-0.2, -0.15) is 0 Å². The number of hydrogen-bond donors (Lipinski definition) is 2. The van der Waals surface area contributed by atoms with Crippen LogP contribution in [0.4, 0.5) is 0 Å². The Hall–Kier alpha value is -1.35. The maximum atomic E-state index is 11.9. The van der Waals surface area contributed by atoms with Crippen molar-refractivity contribution in [2.45, 2.75) is 63.4 Å². The van der Waals surface area contributed by atoms with Crippen LogP contribution in [0.3, 0.4) is 0 Å². The van der Waals surface area contributed by atoms with Gasteiger partial charge in [0.05, 0.1) is 11.5 Å². The maximum absolute atomic E-state index is 11.9. The smallest absolute Gasteiger partial charge is 0.314 e. The van der Waals surface area contributed by atoms with E-state index in [1.807, 2.05) is 37.3 Å². The number of carboxylic acid groups (broad SMARTS) is 1. The van der Waals surface area contributed by atoms with Crippen LogP contribution in [0.2, 0.25) is 0 Å². The van der Waals surface area contributed by atoms with Gasteiger partial charge in [0.25, 0.3) is 0 Å². The standard InChI is InChI=1S/C18H26O3/c1-2-18(17(20)21,15-10-4-3-5-11-15)13-16(19)12-14-8-6-7-9-14/h3-5,10-11,14,16,19H,2,6-9,12-13H2,1H3,(H,20,21). The third-order valence-electron chi connectivity index (χ3n) is 5.00. The highest BCUT2D eigenvalue weighted by atomic mass is 16.4. The SMILES string of the molecule is CCC(CC(O)CC1CCCC1)(C(=O)O)c1ccccc1. The average molecular weight is 290 g/mol. The van der Waals surface area contributed by atoms with Gasteiger partial charge in [-0.05, 0) is 30.7 Å². The van der Waals surface area contributed by atoms with E-state index < -0.39 is 17.5 Å². The first kappa shape index (κ1) is 16.0. The van der Waals surface area contributed by atoms with Crippen LogP contribution in [0.25, 0.3) is 0 Å². The minimum absolute atomic E-state index is 0.305. The molecule has 0 spiro atoms. The molecule has 0 amide bonds. The van der Waals surface area contributed by atoms with E-state index in [2.05, 4.69) is 0 Å². The Balaban J connectivity index is 2.14. The largest absolute Gasteiger partial charge is 0.481 e. The number of benzene rings is 1. The molecular weight excluding hydrogens is 264 g/mol. The van der Waals surface area contributed by atoms with Crippen molar-refractivity contribution in [1.29, 1.82) is 0 Å². The third-order valence-corrected chi connectivity index (χ3v) is 5.00. The fourth-order valence-corrected chi connectivity index (χ4v) is 3.70. The Labute approximate surface area is 127 Å². The summed E-state index contributed by atoms with van der Waals surface area (Å²) in [6.45, 7) is 1.89. The van der Waals surface area contributed by atoms with E-state index in [4.69, 9.17) is 0 Å². The zero-order valence-corrected chi connectivity index (χ0v) is 12.8. The molecule has 1 saturated carbocycles. The van der Waals surface area contributed by atoms with E-state index in [1.165, 1.54) is 25.7 Å². The van der Waals surface area contributed by atoms with Gasteiger partial charge in [0.1, 0.15) is 0 Å². The fraction of sp³-hybridized carbons (Fsp3) is 0.611. The Bertz CT molecular complexity index is 451. The highest BCUT2D eigenvalue weighted by Crippen LogP contribution is 2.36. The molecule has 2 atom stereocenters. The Morgan fingerprint density at radius 1 is 1.29 bits per heavy atom. The van der Waals surface area contributed by atoms with Crippen LogP contribution in [0.1, 0.15) is 57.4 Å². The lowest BCUT2D eigenvalue weighted by atomic mass is 9.73. The summed E-state index contributed by atoms with van der Waals surface area (Å²) in [7, 11) is 0. The summed E-state index contributed by atoms with van der Waals surface area (Å²) in [4.78, 5) is 11.9. The average Bonchev–Trinajstić information content (AvgIpc) is 2.98. The summed E-state index contributed by atoms with van der Waals surface area (Å²) in [5.41, 5.74) is -0.176. The number of hydrogen-bond acceptors (Lipinski definition) is 2. The first-order valence-corrected chi connectivity index (χ1v) is 8.05. The summed E-state index contributed by atoms with van der Waals surface area (Å²) < 4.78 is 0. The summed E-state index contributed by atoms with van der Waals surface area (Å²) in [6, 6.07) is 9.35. The monoisotopic (exact) mass is 290 g/mol. The number of carboxylic acids is 1. The zero-order chi connectivity index (χ0) is 15.3. The van der Waals surface area contributed by atoms with Gasteiger partial charge < -0.3 is 10.2 Å². The molecule has 21 heavy (non-hydrogen) atoms. The van der Waals surface area contributed by atoms with Gasteiger partial charge in [-0.1, -0.05) is 62.9 Å². The van der Waals surface area contributed by atoms with E-state index in [-0.39, 0.29) is 0 Å². The highest BCUT2D eigenvalue weighted by molar-refractivity contribution is 5.81. The second-order valence-electron chi connectivity index (χ2n) is 6.35. The van der Waals surface area contributed by atoms with E-state index in [1.54, 1.807) is 0 Å². The lowest BCUT2D eigenvalue weighted by Crippen LogP contribution is -2.39. The predicted molar refractivity (Wildman–Crippen MR) is 83.2 cm³/mol. The molecule has 3 heteroatoms. The van der Waals surface area contributed by atoms with E-state index in [0.717, 1.165) is 12.0 Å². The molecule has 1 aliphatic rings. The first-order chi connectivity index (χ1) is 10.1. The van der Waals surface area contributed by atoms with Crippen LogP contribution >= 0.6 is 0 Å². The molecule has 1 aromatic carbocycles. The molecule has 0 radical (unpaired) electrons. The van der Waals surface area contributed by atoms with Crippen molar-refractivity contribution in [3.8, 4) is 0 Å². The Morgan fingerprint density at radius 2 is 1.90 bits per heavy atom. The molecule has 1 aliphatic carbocycles. The van der Waals surface area contributed by atoms with Crippen molar-refractivity contribution in [3.63, 3.8) is 0 Å². The molecule has 2 N–H and O–H groups in total. The lowest BCUT2D eigenvalue weighted by molar-refractivity contribution is -0.145. The number of aliphatic hydroxyl groups is 1. The van der Waals surface area contributed by atoms with E-state index >= 15 is 0 Å². The number of rotatable bonds is 7. The zero-order valence-electron chi connectivity index (χ0n) is 12.8. The van der Waals surface area contributed by atoms with Gasteiger partial charge in [-0.15, -0.1) is 0 Å². The number of aliphatic carboxylic acids is 1. The van der Waals surface area contributed by atoms with Crippen molar-refractivity contribution < 1.29 is 15.0 Å². The highest BCUT2D eigenvalue weighted by Gasteiger charge is 2.40. The molecule has 3 nitrogen and oxygen atoms in total. The predicted octanol–water partition coefficient (Wildman–Crippen LogP) is 3.75. The normalized spacial score (nSPS) is 20.1. The van der Waals surface area contributed by atoms with Crippen molar-refractivity contribution >= 4 is 5.97 Å². The van der Waals surface area contributed by atoms with Crippen molar-refractivity contribution in [2.75, 3.05) is 0 Å². The van der Waals surface area contributed by atoms with Gasteiger partial charge in [-0.25, -0.2) is 0 Å². The van der Waals surface area contributed by atoms with E-state index in [9.17, 15) is 15.0 Å². The molecule has 2 rings (SSSR count). The molecule has 1 aromatic rings. The van der Waals surface area contributed by atoms with Crippen molar-refractivity contribution in [2.24, 2.45) is 5.92 Å². The molecule has 0 heterocycles. The molecule has 2 unspecified atom stereocenters. The van der Waals surface area contributed by atoms with Crippen molar-refractivity contribution in [1.82, 2.24) is 0 Å². The fourth-order valence-electron chi connectivity index (χ4n) is 3.70. The van der Waals surface area contributed by atoms with Crippen molar-refractivity contribution in [3.05, 3.63) is 35.9 Å². The van der Waals surface area contributed by atoms with Gasteiger partial charge in [-0.3, -0.25) is 4.79 Å². The Kier molecular flexibility index (Phi) is 5.40. The summed E-state index contributed by atoms with van der Waals surface area (Å²) in [6.07, 6.45) is 5.84. The summed E-state index contributed by atoms with van der Waals surface area (Å²) in [5.74, 6) is -0.263. The Morgan fingerprint density at radius 3 is 2.43 bits per heavy atom. The topological polar surface area (TPSA) is 57.5 Å². The maximum Gasteiger partial charge on any atom is 0.314 e. The minimum atomic E-state index is -0.973. The second kappa shape index (κ2) is 7.08. The number of carbonyl (C=O) groups is 1. The van der Waals surface area contributed by atoms with Gasteiger partial charge in [0, 0.05) is 0 Å². The van der Waals surface area contributed by atoms with Crippen LogP contribution in [-0.4, -0.2) is 22.3 Å². The minimum Gasteiger partial charge on any atom is -0.481 e. The van der Waals surface area contributed by atoms with Crippen LogP contribution in [0.15, 0.2) is 30.3 Å². The van der Waals surface area contributed by atoms with Gasteiger partial charge in [0.15, 0.2) is 0 Å². The van der Waals surface area contributed by atoms with Crippen LogP contribution in [-0.2, 0) is 10.2 Å².